The highest BCUT2D eigenvalue weighted by Gasteiger charge is 2.43. The zero-order chi connectivity index (χ0) is 17.6. The second kappa shape index (κ2) is 8.29. The third-order valence-corrected chi connectivity index (χ3v) is 3.80. The van der Waals surface area contributed by atoms with Crippen LogP contribution in [0.5, 0.6) is 0 Å². The van der Waals surface area contributed by atoms with Crippen LogP contribution in [0.3, 0.4) is 0 Å². The van der Waals surface area contributed by atoms with Crippen molar-refractivity contribution in [1.82, 2.24) is 4.90 Å². The third-order valence-electron chi connectivity index (χ3n) is 3.80. The van der Waals surface area contributed by atoms with Gasteiger partial charge in [0.2, 0.25) is 0 Å². The first kappa shape index (κ1) is 20.6. The van der Waals surface area contributed by atoms with Crippen LogP contribution in [0.15, 0.2) is 12.7 Å². The highest BCUT2D eigenvalue weighted by Crippen LogP contribution is 2.37. The molecule has 1 aliphatic heterocycles. The van der Waals surface area contributed by atoms with Gasteiger partial charge in [-0.2, -0.15) is 0 Å². The van der Waals surface area contributed by atoms with Crippen LogP contribution in [-0.2, 0) is 9.59 Å². The molecule has 0 saturated carbocycles. The lowest BCUT2D eigenvalue weighted by Crippen LogP contribution is -2.61. The van der Waals surface area contributed by atoms with Crippen LogP contribution < -0.4 is 0 Å². The molecule has 6 heteroatoms. The van der Waals surface area contributed by atoms with Gasteiger partial charge in [0.15, 0.2) is 0 Å². The van der Waals surface area contributed by atoms with E-state index in [1.807, 2.05) is 6.08 Å². The number of rotatable bonds is 5. The molecule has 0 aromatic heterocycles. The second-order valence-electron chi connectivity index (χ2n) is 6.87. The topological polar surface area (TPSA) is 98.1 Å². The Labute approximate surface area is 132 Å². The van der Waals surface area contributed by atoms with E-state index in [1.54, 1.807) is 0 Å². The lowest BCUT2D eigenvalue weighted by atomic mass is 9.78. The molecule has 6 nitrogen and oxygen atoms in total. The van der Waals surface area contributed by atoms with Gasteiger partial charge in [-0.05, 0) is 40.5 Å². The van der Waals surface area contributed by atoms with Gasteiger partial charge in [-0.25, -0.2) is 0 Å². The van der Waals surface area contributed by atoms with Crippen molar-refractivity contribution in [3.05, 3.63) is 12.7 Å². The Balaban J connectivity index is 0.000000472. The van der Waals surface area contributed by atoms with Crippen LogP contribution in [0.4, 0.5) is 0 Å². The monoisotopic (exact) mass is 315 g/mol. The molecule has 1 fully saturated rings. The highest BCUT2D eigenvalue weighted by molar-refractivity contribution is 5.75. The molecular formula is C16H29NO5. The minimum atomic E-state index is -1.08. The molecule has 0 radical (unpaired) electrons. The average molecular weight is 315 g/mol. The maximum atomic E-state index is 9.81. The summed E-state index contributed by atoms with van der Waals surface area (Å²) in [7, 11) is 0. The number of aliphatic carboxylic acids is 2. The van der Waals surface area contributed by atoms with Gasteiger partial charge >= 0.3 is 11.9 Å². The molecular weight excluding hydrogens is 286 g/mol. The molecule has 3 N–H and O–H groups in total. The first-order valence-corrected chi connectivity index (χ1v) is 7.42. The van der Waals surface area contributed by atoms with Crippen molar-refractivity contribution in [2.24, 2.45) is 0 Å². The smallest absolute Gasteiger partial charge is 0.303 e. The van der Waals surface area contributed by atoms with Crippen molar-refractivity contribution < 1.29 is 24.9 Å². The number of piperidine rings is 1. The molecule has 0 spiro atoms. The van der Waals surface area contributed by atoms with E-state index in [4.69, 9.17) is 10.2 Å². The summed E-state index contributed by atoms with van der Waals surface area (Å²) in [5, 5.41) is 25.6. The van der Waals surface area contributed by atoms with Crippen molar-refractivity contribution in [2.45, 2.75) is 70.6 Å². The summed E-state index contributed by atoms with van der Waals surface area (Å²) >= 11 is 0. The van der Waals surface area contributed by atoms with E-state index in [2.05, 4.69) is 39.2 Å². The summed E-state index contributed by atoms with van der Waals surface area (Å²) < 4.78 is 0. The molecule has 1 aliphatic rings. The third kappa shape index (κ3) is 7.04. The van der Waals surface area contributed by atoms with Gasteiger partial charge in [0.1, 0.15) is 0 Å². The van der Waals surface area contributed by atoms with Gasteiger partial charge in [-0.3, -0.25) is 14.5 Å². The molecule has 22 heavy (non-hydrogen) atoms. The maximum Gasteiger partial charge on any atom is 0.303 e. The number of carboxylic acids is 2. The Morgan fingerprint density at radius 1 is 1.09 bits per heavy atom. The fourth-order valence-electron chi connectivity index (χ4n) is 3.10. The number of aliphatic hydroxyl groups excluding tert-OH is 1. The molecule has 0 atom stereocenters. The van der Waals surface area contributed by atoms with Gasteiger partial charge in [0, 0.05) is 17.6 Å². The Kier molecular flexibility index (Phi) is 7.76. The summed E-state index contributed by atoms with van der Waals surface area (Å²) in [6, 6.07) is 0. The lowest BCUT2D eigenvalue weighted by molar-refractivity contribution is -0.143. The number of nitrogens with zero attached hydrogens (tertiary/aromatic N) is 1. The Morgan fingerprint density at radius 2 is 1.45 bits per heavy atom. The van der Waals surface area contributed by atoms with E-state index in [9.17, 15) is 14.7 Å². The van der Waals surface area contributed by atoms with Crippen molar-refractivity contribution in [1.29, 1.82) is 0 Å². The van der Waals surface area contributed by atoms with Crippen LogP contribution in [0, 0.1) is 0 Å². The molecule has 1 saturated heterocycles. The van der Waals surface area contributed by atoms with Gasteiger partial charge in [-0.15, -0.1) is 6.58 Å². The standard InChI is InChI=1S/C12H23NO.C4H6O4/c1-6-7-13-11(2,3)8-10(14)9-12(13,4)5;5-3(6)1-2-4(7)8/h6,10,14H,1,7-9H2,2-5H3;1-2H2,(H,5,6)(H,7,8). The van der Waals surface area contributed by atoms with Crippen LogP contribution >= 0.6 is 0 Å². The van der Waals surface area contributed by atoms with Gasteiger partial charge < -0.3 is 15.3 Å². The molecule has 0 unspecified atom stereocenters. The van der Waals surface area contributed by atoms with Crippen molar-refractivity contribution in [3.63, 3.8) is 0 Å². The number of likely N-dealkylation sites (tertiary alicyclic amines) is 1. The van der Waals surface area contributed by atoms with Crippen molar-refractivity contribution in [3.8, 4) is 0 Å². The molecule has 0 amide bonds. The quantitative estimate of drug-likeness (QED) is 0.672. The van der Waals surface area contributed by atoms with Crippen molar-refractivity contribution >= 4 is 11.9 Å². The van der Waals surface area contributed by atoms with Gasteiger partial charge in [-0.1, -0.05) is 6.08 Å². The molecule has 0 aromatic carbocycles. The maximum absolute atomic E-state index is 9.81. The Bertz CT molecular complexity index is 371. The van der Waals surface area contributed by atoms with Gasteiger partial charge in [0.05, 0.1) is 18.9 Å². The number of hydrogen-bond acceptors (Lipinski definition) is 4. The first-order chi connectivity index (χ1) is 9.92. The second-order valence-corrected chi connectivity index (χ2v) is 6.87. The SMILES string of the molecule is C=CCN1C(C)(C)CC(O)CC1(C)C.O=C(O)CCC(=O)O. The average Bonchev–Trinajstić information content (AvgIpc) is 2.30. The van der Waals surface area contributed by atoms with E-state index < -0.39 is 11.9 Å². The van der Waals surface area contributed by atoms with E-state index in [0.29, 0.717) is 0 Å². The summed E-state index contributed by atoms with van der Waals surface area (Å²) in [5.74, 6) is -2.15. The Hall–Kier alpha value is -1.40. The summed E-state index contributed by atoms with van der Waals surface area (Å²) in [6.07, 6.45) is 2.89. The van der Waals surface area contributed by atoms with E-state index in [1.165, 1.54) is 0 Å². The van der Waals surface area contributed by atoms with Crippen LogP contribution in [-0.4, -0.2) is 55.9 Å². The number of hydrogen-bond donors (Lipinski definition) is 3. The largest absolute Gasteiger partial charge is 0.481 e. The van der Waals surface area contributed by atoms with Crippen LogP contribution in [0.2, 0.25) is 0 Å². The van der Waals surface area contributed by atoms with E-state index >= 15 is 0 Å². The highest BCUT2D eigenvalue weighted by atomic mass is 16.4. The first-order valence-electron chi connectivity index (χ1n) is 7.42. The van der Waals surface area contributed by atoms with E-state index in [0.717, 1.165) is 19.4 Å². The lowest BCUT2D eigenvalue weighted by Gasteiger charge is -2.54. The molecule has 0 aliphatic carbocycles. The number of aliphatic hydroxyl groups is 1. The van der Waals surface area contributed by atoms with Crippen LogP contribution in [0.1, 0.15) is 53.4 Å². The zero-order valence-electron chi connectivity index (χ0n) is 14.0. The summed E-state index contributed by atoms with van der Waals surface area (Å²) in [6.45, 7) is 13.5. The predicted octanol–water partition coefficient (Wildman–Crippen LogP) is 2.12. The fourth-order valence-corrected chi connectivity index (χ4v) is 3.10. The molecule has 1 heterocycles. The molecule has 128 valence electrons. The number of carbonyl (C=O) groups is 2. The molecule has 1 rings (SSSR count). The van der Waals surface area contributed by atoms with Gasteiger partial charge in [0.25, 0.3) is 0 Å². The summed E-state index contributed by atoms with van der Waals surface area (Å²) in [4.78, 5) is 21.7. The van der Waals surface area contributed by atoms with Crippen LogP contribution in [0.25, 0.3) is 0 Å². The Morgan fingerprint density at radius 3 is 1.73 bits per heavy atom. The van der Waals surface area contributed by atoms with E-state index in [-0.39, 0.29) is 30.0 Å². The fraction of sp³-hybridized carbons (Fsp3) is 0.750. The normalized spacial score (nSPS) is 20.6. The predicted molar refractivity (Wildman–Crippen MR) is 84.8 cm³/mol. The number of carboxylic acid groups (broad SMARTS) is 2. The molecule has 0 bridgehead atoms. The van der Waals surface area contributed by atoms with Crippen molar-refractivity contribution in [2.75, 3.05) is 6.54 Å². The molecule has 0 aromatic rings. The zero-order valence-corrected chi connectivity index (χ0v) is 14.0. The summed E-state index contributed by atoms with van der Waals surface area (Å²) in [5.41, 5.74) is 0.130. The minimum Gasteiger partial charge on any atom is -0.481 e. The minimum absolute atomic E-state index is 0.0648.